The number of anilines is 1. The Balaban J connectivity index is 2.15. The molecule has 2 rings (SSSR count). The second-order valence-corrected chi connectivity index (χ2v) is 4.01. The highest BCUT2D eigenvalue weighted by Gasteiger charge is 2.09. The smallest absolute Gasteiger partial charge is 0.291 e. The number of aryl methyl sites for hydroxylation is 1. The van der Waals surface area contributed by atoms with Gasteiger partial charge in [-0.1, -0.05) is 0 Å². The number of nitrogens with one attached hydrogen (secondary N) is 1. The highest BCUT2D eigenvalue weighted by atomic mass is 79.9. The fourth-order valence-electron chi connectivity index (χ4n) is 1.23. The van der Waals surface area contributed by atoms with Gasteiger partial charge in [-0.25, -0.2) is 4.98 Å². The number of furan rings is 1. The van der Waals surface area contributed by atoms with Gasteiger partial charge in [0, 0.05) is 0 Å². The Morgan fingerprint density at radius 3 is 3.00 bits per heavy atom. The van der Waals surface area contributed by atoms with Crippen molar-refractivity contribution >= 4 is 27.5 Å². The average molecular weight is 281 g/mol. The topological polar surface area (TPSA) is 55.1 Å². The molecule has 16 heavy (non-hydrogen) atoms. The molecule has 2 aromatic rings. The molecule has 0 atom stereocenters. The highest BCUT2D eigenvalue weighted by molar-refractivity contribution is 9.10. The standard InChI is InChI=1S/C11H9BrN2O2/c1-7-5-8(6-13-10(7)12)14-11(15)9-3-2-4-16-9/h2-6H,1H3,(H,14,15). The molecule has 0 saturated carbocycles. The number of carbonyl (C=O) groups excluding carboxylic acids is 1. The molecule has 0 bridgehead atoms. The summed E-state index contributed by atoms with van der Waals surface area (Å²) in [5.41, 5.74) is 1.60. The number of hydrogen-bond acceptors (Lipinski definition) is 3. The molecule has 0 spiro atoms. The summed E-state index contributed by atoms with van der Waals surface area (Å²) in [6.45, 7) is 1.90. The van der Waals surface area contributed by atoms with Gasteiger partial charge in [-0.05, 0) is 46.6 Å². The normalized spacial score (nSPS) is 10.1. The highest BCUT2D eigenvalue weighted by Crippen LogP contribution is 2.17. The van der Waals surface area contributed by atoms with Crippen molar-refractivity contribution in [3.8, 4) is 0 Å². The van der Waals surface area contributed by atoms with Crippen LogP contribution in [0.5, 0.6) is 0 Å². The van der Waals surface area contributed by atoms with E-state index in [0.717, 1.165) is 10.2 Å². The van der Waals surface area contributed by atoms with Crippen molar-refractivity contribution in [3.63, 3.8) is 0 Å². The maximum Gasteiger partial charge on any atom is 0.291 e. The van der Waals surface area contributed by atoms with Gasteiger partial charge in [-0.3, -0.25) is 4.79 Å². The number of pyridine rings is 1. The molecule has 82 valence electrons. The molecule has 5 heteroatoms. The van der Waals surface area contributed by atoms with Crippen LogP contribution in [0.2, 0.25) is 0 Å². The van der Waals surface area contributed by atoms with Gasteiger partial charge in [0.15, 0.2) is 5.76 Å². The molecule has 1 N–H and O–H groups in total. The lowest BCUT2D eigenvalue weighted by molar-refractivity contribution is 0.0996. The number of nitrogens with zero attached hydrogens (tertiary/aromatic N) is 1. The minimum Gasteiger partial charge on any atom is -0.459 e. The van der Waals surface area contributed by atoms with Crippen LogP contribution in [0.1, 0.15) is 16.1 Å². The number of aromatic nitrogens is 1. The summed E-state index contributed by atoms with van der Waals surface area (Å²) in [5.74, 6) is -0.00547. The molecule has 0 unspecified atom stereocenters. The summed E-state index contributed by atoms with van der Waals surface area (Å²) in [6.07, 6.45) is 3.04. The molecule has 2 heterocycles. The van der Waals surface area contributed by atoms with Gasteiger partial charge in [0.05, 0.1) is 18.1 Å². The van der Waals surface area contributed by atoms with Gasteiger partial charge in [0.1, 0.15) is 4.60 Å². The Bertz CT molecular complexity index is 509. The van der Waals surface area contributed by atoms with Crippen molar-refractivity contribution < 1.29 is 9.21 Å². The van der Waals surface area contributed by atoms with Crippen LogP contribution in [-0.4, -0.2) is 10.9 Å². The fourth-order valence-corrected chi connectivity index (χ4v) is 1.44. The first-order valence-corrected chi connectivity index (χ1v) is 5.43. The largest absolute Gasteiger partial charge is 0.459 e. The lowest BCUT2D eigenvalue weighted by Gasteiger charge is -2.04. The van der Waals surface area contributed by atoms with Gasteiger partial charge in [0.2, 0.25) is 0 Å². The van der Waals surface area contributed by atoms with Crippen molar-refractivity contribution in [3.05, 3.63) is 46.6 Å². The van der Waals surface area contributed by atoms with Crippen molar-refractivity contribution in [2.24, 2.45) is 0 Å². The number of carbonyl (C=O) groups is 1. The first-order chi connectivity index (χ1) is 7.66. The van der Waals surface area contributed by atoms with Gasteiger partial charge in [-0.15, -0.1) is 0 Å². The van der Waals surface area contributed by atoms with Crippen LogP contribution in [0, 0.1) is 6.92 Å². The Hall–Kier alpha value is -1.62. The Labute approximate surface area is 101 Å². The average Bonchev–Trinajstić information content (AvgIpc) is 2.77. The van der Waals surface area contributed by atoms with Crippen LogP contribution in [-0.2, 0) is 0 Å². The Kier molecular flexibility index (Phi) is 3.05. The predicted octanol–water partition coefficient (Wildman–Crippen LogP) is 3.00. The van der Waals surface area contributed by atoms with Gasteiger partial charge >= 0.3 is 0 Å². The molecular formula is C11H9BrN2O2. The molecule has 0 saturated heterocycles. The first-order valence-electron chi connectivity index (χ1n) is 4.64. The lowest BCUT2D eigenvalue weighted by atomic mass is 10.3. The quantitative estimate of drug-likeness (QED) is 0.861. The molecule has 2 aromatic heterocycles. The van der Waals surface area contributed by atoms with Crippen LogP contribution < -0.4 is 5.32 Å². The minimum atomic E-state index is -0.284. The number of rotatable bonds is 2. The maximum atomic E-state index is 11.6. The monoisotopic (exact) mass is 280 g/mol. The van der Waals surface area contributed by atoms with E-state index in [0.29, 0.717) is 5.69 Å². The molecule has 0 aliphatic heterocycles. The molecule has 0 aliphatic carbocycles. The van der Waals surface area contributed by atoms with E-state index in [4.69, 9.17) is 4.42 Å². The first kappa shape index (κ1) is 10.9. The van der Waals surface area contributed by atoms with Crippen molar-refractivity contribution in [2.45, 2.75) is 6.92 Å². The van der Waals surface area contributed by atoms with Crippen LogP contribution in [0.3, 0.4) is 0 Å². The van der Waals surface area contributed by atoms with E-state index in [-0.39, 0.29) is 11.7 Å². The van der Waals surface area contributed by atoms with E-state index in [2.05, 4.69) is 26.2 Å². The van der Waals surface area contributed by atoms with E-state index in [1.165, 1.54) is 6.26 Å². The SMILES string of the molecule is Cc1cc(NC(=O)c2ccco2)cnc1Br. The van der Waals surface area contributed by atoms with Crippen molar-refractivity contribution in [2.75, 3.05) is 5.32 Å². The number of hydrogen-bond donors (Lipinski definition) is 1. The van der Waals surface area contributed by atoms with Crippen LogP contribution in [0.25, 0.3) is 0 Å². The lowest BCUT2D eigenvalue weighted by Crippen LogP contribution is -2.11. The zero-order valence-corrected chi connectivity index (χ0v) is 10.1. The number of amides is 1. The van der Waals surface area contributed by atoms with E-state index in [9.17, 15) is 4.79 Å². The van der Waals surface area contributed by atoms with Crippen molar-refractivity contribution in [1.29, 1.82) is 0 Å². The summed E-state index contributed by atoms with van der Waals surface area (Å²) in [7, 11) is 0. The van der Waals surface area contributed by atoms with Crippen LogP contribution in [0.4, 0.5) is 5.69 Å². The maximum absolute atomic E-state index is 11.6. The third-order valence-corrected chi connectivity index (χ3v) is 2.85. The second kappa shape index (κ2) is 4.49. The van der Waals surface area contributed by atoms with E-state index in [1.807, 2.05) is 13.0 Å². The van der Waals surface area contributed by atoms with Crippen LogP contribution >= 0.6 is 15.9 Å². The molecule has 0 aliphatic rings. The number of halogens is 1. The minimum absolute atomic E-state index is 0.278. The van der Waals surface area contributed by atoms with Gasteiger partial charge in [0.25, 0.3) is 5.91 Å². The van der Waals surface area contributed by atoms with Crippen LogP contribution in [0.15, 0.2) is 39.7 Å². The molecule has 1 amide bonds. The zero-order valence-electron chi connectivity index (χ0n) is 8.53. The zero-order chi connectivity index (χ0) is 11.5. The predicted molar refractivity (Wildman–Crippen MR) is 63.3 cm³/mol. The van der Waals surface area contributed by atoms with Gasteiger partial charge < -0.3 is 9.73 Å². The van der Waals surface area contributed by atoms with E-state index < -0.39 is 0 Å². The summed E-state index contributed by atoms with van der Waals surface area (Å²) < 4.78 is 5.75. The summed E-state index contributed by atoms with van der Waals surface area (Å²) in [6, 6.07) is 5.10. The molecule has 0 aromatic carbocycles. The van der Waals surface area contributed by atoms with Crippen molar-refractivity contribution in [1.82, 2.24) is 4.98 Å². The third-order valence-electron chi connectivity index (χ3n) is 2.02. The molecular weight excluding hydrogens is 272 g/mol. The molecule has 0 fully saturated rings. The third kappa shape index (κ3) is 2.30. The fraction of sp³-hybridized carbons (Fsp3) is 0.0909. The van der Waals surface area contributed by atoms with E-state index in [1.54, 1.807) is 18.3 Å². The Morgan fingerprint density at radius 2 is 2.38 bits per heavy atom. The second-order valence-electron chi connectivity index (χ2n) is 3.26. The Morgan fingerprint density at radius 1 is 1.56 bits per heavy atom. The van der Waals surface area contributed by atoms with Gasteiger partial charge in [-0.2, -0.15) is 0 Å². The summed E-state index contributed by atoms with van der Waals surface area (Å²) in [4.78, 5) is 15.7. The van der Waals surface area contributed by atoms with E-state index >= 15 is 0 Å². The molecule has 4 nitrogen and oxygen atoms in total. The summed E-state index contributed by atoms with van der Waals surface area (Å²) >= 11 is 3.29. The summed E-state index contributed by atoms with van der Waals surface area (Å²) in [5, 5.41) is 2.70. The molecule has 0 radical (unpaired) electrons.